The van der Waals surface area contributed by atoms with Crippen molar-refractivity contribution in [3.63, 3.8) is 0 Å². The number of esters is 1. The number of rotatable bonds is 4. The SMILES string of the molecule is CC(OC(=O)c1ccc2ncsc2c1)C(=O)NC1CCCCC1. The van der Waals surface area contributed by atoms with E-state index < -0.39 is 12.1 Å². The van der Waals surface area contributed by atoms with Gasteiger partial charge in [0.1, 0.15) is 0 Å². The lowest BCUT2D eigenvalue weighted by Crippen LogP contribution is -2.42. The van der Waals surface area contributed by atoms with E-state index in [2.05, 4.69) is 10.3 Å². The molecule has 1 aliphatic carbocycles. The largest absolute Gasteiger partial charge is 0.449 e. The molecule has 23 heavy (non-hydrogen) atoms. The van der Waals surface area contributed by atoms with Crippen molar-refractivity contribution in [2.45, 2.75) is 51.2 Å². The smallest absolute Gasteiger partial charge is 0.338 e. The van der Waals surface area contributed by atoms with Crippen molar-refractivity contribution in [2.75, 3.05) is 0 Å². The normalized spacial score (nSPS) is 16.9. The molecule has 1 aromatic carbocycles. The second kappa shape index (κ2) is 7.08. The molecule has 1 N–H and O–H groups in total. The molecule has 2 aromatic rings. The summed E-state index contributed by atoms with van der Waals surface area (Å²) in [7, 11) is 0. The average molecular weight is 332 g/mol. The van der Waals surface area contributed by atoms with Gasteiger partial charge < -0.3 is 10.1 Å². The van der Waals surface area contributed by atoms with Crippen LogP contribution in [0.4, 0.5) is 0 Å². The molecule has 5 nitrogen and oxygen atoms in total. The van der Waals surface area contributed by atoms with Crippen LogP contribution in [-0.2, 0) is 9.53 Å². The zero-order valence-electron chi connectivity index (χ0n) is 13.1. The Kier molecular flexibility index (Phi) is 4.91. The summed E-state index contributed by atoms with van der Waals surface area (Å²) in [6.45, 7) is 1.61. The first-order valence-electron chi connectivity index (χ1n) is 7.98. The highest BCUT2D eigenvalue weighted by atomic mass is 32.1. The Hall–Kier alpha value is -1.95. The topological polar surface area (TPSA) is 68.3 Å². The summed E-state index contributed by atoms with van der Waals surface area (Å²) in [4.78, 5) is 28.5. The van der Waals surface area contributed by atoms with Crippen LogP contribution in [-0.4, -0.2) is 29.0 Å². The van der Waals surface area contributed by atoms with Gasteiger partial charge in [0.05, 0.1) is 21.3 Å². The fraction of sp³-hybridized carbons (Fsp3) is 0.471. The Labute approximate surface area is 139 Å². The molecule has 3 rings (SSSR count). The maximum atomic E-state index is 12.2. The lowest BCUT2D eigenvalue weighted by molar-refractivity contribution is -0.130. The van der Waals surface area contributed by atoms with Gasteiger partial charge in [-0.25, -0.2) is 9.78 Å². The molecule has 1 amide bonds. The summed E-state index contributed by atoms with van der Waals surface area (Å²) in [5.41, 5.74) is 3.04. The van der Waals surface area contributed by atoms with Gasteiger partial charge in [-0.15, -0.1) is 11.3 Å². The number of benzene rings is 1. The number of carbonyl (C=O) groups excluding carboxylic acids is 2. The Morgan fingerprint density at radius 2 is 2.09 bits per heavy atom. The quantitative estimate of drug-likeness (QED) is 0.872. The monoisotopic (exact) mass is 332 g/mol. The third-order valence-electron chi connectivity index (χ3n) is 4.17. The maximum absolute atomic E-state index is 12.2. The number of fused-ring (bicyclic) bond motifs is 1. The van der Waals surface area contributed by atoms with Crippen LogP contribution in [0.15, 0.2) is 23.7 Å². The van der Waals surface area contributed by atoms with Gasteiger partial charge in [0.2, 0.25) is 0 Å². The van der Waals surface area contributed by atoms with Gasteiger partial charge in [0.25, 0.3) is 5.91 Å². The van der Waals surface area contributed by atoms with Crippen LogP contribution in [0.25, 0.3) is 10.2 Å². The van der Waals surface area contributed by atoms with Gasteiger partial charge in [-0.05, 0) is 38.0 Å². The molecule has 0 bridgehead atoms. The number of amides is 1. The van der Waals surface area contributed by atoms with E-state index in [1.807, 2.05) is 0 Å². The van der Waals surface area contributed by atoms with E-state index in [-0.39, 0.29) is 11.9 Å². The lowest BCUT2D eigenvalue weighted by atomic mass is 9.95. The van der Waals surface area contributed by atoms with E-state index in [4.69, 9.17) is 4.74 Å². The van der Waals surface area contributed by atoms with Gasteiger partial charge in [0.15, 0.2) is 6.10 Å². The predicted molar refractivity (Wildman–Crippen MR) is 89.5 cm³/mol. The number of hydrogen-bond donors (Lipinski definition) is 1. The van der Waals surface area contributed by atoms with Crippen LogP contribution in [0.1, 0.15) is 49.4 Å². The van der Waals surface area contributed by atoms with Crippen LogP contribution in [0, 0.1) is 0 Å². The van der Waals surface area contributed by atoms with E-state index in [0.29, 0.717) is 5.56 Å². The standard InChI is InChI=1S/C17H20N2O3S/c1-11(16(20)19-13-5-3-2-4-6-13)22-17(21)12-7-8-14-15(9-12)23-10-18-14/h7-11,13H,2-6H2,1H3,(H,19,20). The summed E-state index contributed by atoms with van der Waals surface area (Å²) in [5, 5.41) is 2.98. The molecule has 1 heterocycles. The van der Waals surface area contributed by atoms with Crippen molar-refractivity contribution in [1.29, 1.82) is 0 Å². The van der Waals surface area contributed by atoms with Crippen molar-refractivity contribution in [3.8, 4) is 0 Å². The number of hydrogen-bond acceptors (Lipinski definition) is 5. The molecule has 0 radical (unpaired) electrons. The van der Waals surface area contributed by atoms with Crippen molar-refractivity contribution in [2.24, 2.45) is 0 Å². The van der Waals surface area contributed by atoms with Gasteiger partial charge >= 0.3 is 5.97 Å². The third kappa shape index (κ3) is 3.88. The summed E-state index contributed by atoms with van der Waals surface area (Å²) in [6.07, 6.45) is 4.75. The van der Waals surface area contributed by atoms with Gasteiger partial charge in [0, 0.05) is 6.04 Å². The molecule has 122 valence electrons. The molecule has 0 aliphatic heterocycles. The second-order valence-electron chi connectivity index (χ2n) is 5.93. The number of thiazole rings is 1. The first-order chi connectivity index (χ1) is 11.1. The summed E-state index contributed by atoms with van der Waals surface area (Å²) < 4.78 is 6.23. The van der Waals surface area contributed by atoms with E-state index in [9.17, 15) is 9.59 Å². The zero-order valence-corrected chi connectivity index (χ0v) is 13.9. The molecule has 1 aromatic heterocycles. The highest BCUT2D eigenvalue weighted by Gasteiger charge is 2.23. The molecule has 1 fully saturated rings. The van der Waals surface area contributed by atoms with Gasteiger partial charge in [-0.3, -0.25) is 4.79 Å². The lowest BCUT2D eigenvalue weighted by Gasteiger charge is -2.24. The van der Waals surface area contributed by atoms with Crippen molar-refractivity contribution in [1.82, 2.24) is 10.3 Å². The van der Waals surface area contributed by atoms with Crippen LogP contribution < -0.4 is 5.32 Å². The number of nitrogens with zero attached hydrogens (tertiary/aromatic N) is 1. The first kappa shape index (κ1) is 15.9. The molecule has 1 atom stereocenters. The molecule has 1 saturated carbocycles. The fourth-order valence-corrected chi connectivity index (χ4v) is 3.55. The minimum atomic E-state index is -0.790. The van der Waals surface area contributed by atoms with E-state index in [1.165, 1.54) is 17.8 Å². The molecule has 0 spiro atoms. The number of nitrogens with one attached hydrogen (secondary N) is 1. The Bertz CT molecular complexity index is 707. The van der Waals surface area contributed by atoms with Crippen LogP contribution in [0.5, 0.6) is 0 Å². The Morgan fingerprint density at radius 3 is 2.87 bits per heavy atom. The predicted octanol–water partition coefficient (Wildman–Crippen LogP) is 3.29. The minimum absolute atomic E-state index is 0.214. The molecule has 1 aliphatic rings. The van der Waals surface area contributed by atoms with Crippen molar-refractivity contribution < 1.29 is 14.3 Å². The number of ether oxygens (including phenoxy) is 1. The Morgan fingerprint density at radius 1 is 1.30 bits per heavy atom. The molecule has 0 saturated heterocycles. The van der Waals surface area contributed by atoms with Crippen LogP contribution in [0.3, 0.4) is 0 Å². The first-order valence-corrected chi connectivity index (χ1v) is 8.86. The molecular weight excluding hydrogens is 312 g/mol. The fourth-order valence-electron chi connectivity index (χ4n) is 2.83. The zero-order chi connectivity index (χ0) is 16.2. The second-order valence-corrected chi connectivity index (χ2v) is 6.81. The highest BCUT2D eigenvalue weighted by Crippen LogP contribution is 2.20. The molecule has 6 heteroatoms. The molecular formula is C17H20N2O3S. The van der Waals surface area contributed by atoms with Crippen molar-refractivity contribution in [3.05, 3.63) is 29.3 Å². The van der Waals surface area contributed by atoms with Gasteiger partial charge in [-0.1, -0.05) is 19.3 Å². The molecule has 1 unspecified atom stereocenters. The highest BCUT2D eigenvalue weighted by molar-refractivity contribution is 7.16. The van der Waals surface area contributed by atoms with E-state index >= 15 is 0 Å². The number of aromatic nitrogens is 1. The maximum Gasteiger partial charge on any atom is 0.338 e. The third-order valence-corrected chi connectivity index (χ3v) is 4.96. The van der Waals surface area contributed by atoms with E-state index in [1.54, 1.807) is 30.6 Å². The van der Waals surface area contributed by atoms with Gasteiger partial charge in [-0.2, -0.15) is 0 Å². The number of carbonyl (C=O) groups is 2. The van der Waals surface area contributed by atoms with Crippen LogP contribution in [0.2, 0.25) is 0 Å². The van der Waals surface area contributed by atoms with E-state index in [0.717, 1.165) is 35.9 Å². The Balaban J connectivity index is 1.58. The van der Waals surface area contributed by atoms with Crippen LogP contribution >= 0.6 is 11.3 Å². The summed E-state index contributed by atoms with van der Waals surface area (Å²) >= 11 is 1.47. The van der Waals surface area contributed by atoms with Crippen molar-refractivity contribution >= 4 is 33.4 Å². The summed E-state index contributed by atoms with van der Waals surface area (Å²) in [5.74, 6) is -0.698. The minimum Gasteiger partial charge on any atom is -0.449 e. The summed E-state index contributed by atoms with van der Waals surface area (Å²) in [6, 6.07) is 5.43. The average Bonchev–Trinajstić information content (AvgIpc) is 3.03.